The molecule has 1 saturated heterocycles. The zero-order valence-electron chi connectivity index (χ0n) is 22.3. The van der Waals surface area contributed by atoms with E-state index in [0.29, 0.717) is 23.3 Å². The lowest BCUT2D eigenvalue weighted by molar-refractivity contribution is -0.134. The topological polar surface area (TPSA) is 123 Å². The van der Waals surface area contributed by atoms with Gasteiger partial charge in [0, 0.05) is 68.7 Å². The van der Waals surface area contributed by atoms with Gasteiger partial charge < -0.3 is 15.5 Å². The Bertz CT molecular complexity index is 1190. The minimum absolute atomic E-state index is 0.0699. The number of nitrogens with one attached hydrogen (secondary N) is 1. The molecule has 40 heavy (non-hydrogen) atoms. The molecule has 0 unspecified atom stereocenters. The average molecular weight is 583 g/mol. The van der Waals surface area contributed by atoms with Crippen LogP contribution in [0.5, 0.6) is 0 Å². The molecule has 1 aliphatic rings. The Kier molecular flexibility index (Phi) is 12.8. The van der Waals surface area contributed by atoms with E-state index in [4.69, 9.17) is 10.2 Å². The van der Waals surface area contributed by atoms with Gasteiger partial charge in [0.15, 0.2) is 5.13 Å². The van der Waals surface area contributed by atoms with Crippen LogP contribution in [0, 0.1) is 0 Å². The summed E-state index contributed by atoms with van der Waals surface area (Å²) < 4.78 is 0. The second-order valence-corrected chi connectivity index (χ2v) is 11.0. The van der Waals surface area contributed by atoms with Gasteiger partial charge in [0.25, 0.3) is 0 Å². The van der Waals surface area contributed by atoms with E-state index in [1.807, 2.05) is 17.1 Å². The summed E-state index contributed by atoms with van der Waals surface area (Å²) in [4.78, 5) is 39.9. The van der Waals surface area contributed by atoms with E-state index >= 15 is 0 Å². The molecule has 0 bridgehead atoms. The summed E-state index contributed by atoms with van der Waals surface area (Å²) in [5, 5.41) is 21.1. The van der Waals surface area contributed by atoms with Crippen LogP contribution in [0.3, 0.4) is 0 Å². The fourth-order valence-electron chi connectivity index (χ4n) is 4.22. The highest BCUT2D eigenvalue weighted by Crippen LogP contribution is 2.29. The number of carbonyl (C=O) groups is 3. The summed E-state index contributed by atoms with van der Waals surface area (Å²) in [6.45, 7) is 6.96. The van der Waals surface area contributed by atoms with Crippen molar-refractivity contribution in [1.29, 1.82) is 0 Å². The molecule has 1 amide bonds. The van der Waals surface area contributed by atoms with E-state index in [1.165, 1.54) is 29.4 Å². The molecule has 0 atom stereocenters. The summed E-state index contributed by atoms with van der Waals surface area (Å²) in [5.41, 5.74) is 3.77. The number of benzene rings is 2. The maximum absolute atomic E-state index is 11.1. The van der Waals surface area contributed by atoms with Crippen LogP contribution in [0.25, 0.3) is 0 Å². The molecular formula is C29H34N4O5S2. The largest absolute Gasteiger partial charge is 0.478 e. The van der Waals surface area contributed by atoms with Crippen molar-refractivity contribution in [2.45, 2.75) is 18.7 Å². The van der Waals surface area contributed by atoms with Gasteiger partial charge in [-0.2, -0.15) is 11.8 Å². The summed E-state index contributed by atoms with van der Waals surface area (Å²) in [6, 6.07) is 22.0. The summed E-state index contributed by atoms with van der Waals surface area (Å²) >= 11 is 3.40. The summed E-state index contributed by atoms with van der Waals surface area (Å²) in [5.74, 6) is -0.604. The summed E-state index contributed by atoms with van der Waals surface area (Å²) in [7, 11) is 0. The van der Waals surface area contributed by atoms with Crippen LogP contribution < -0.4 is 5.32 Å². The molecule has 1 fully saturated rings. The zero-order valence-corrected chi connectivity index (χ0v) is 23.9. The van der Waals surface area contributed by atoms with Gasteiger partial charge >= 0.3 is 11.9 Å². The third-order valence-corrected chi connectivity index (χ3v) is 7.79. The fourth-order valence-corrected chi connectivity index (χ4v) is 5.97. The highest BCUT2D eigenvalue weighted by atomic mass is 32.2. The molecule has 2 heterocycles. The minimum atomic E-state index is -1.26. The maximum atomic E-state index is 11.1. The summed E-state index contributed by atoms with van der Waals surface area (Å²) in [6.07, 6.45) is 1.12. The predicted molar refractivity (Wildman–Crippen MR) is 160 cm³/mol. The Morgan fingerprint density at radius 1 is 0.950 bits per heavy atom. The average Bonchev–Trinajstić information content (AvgIpc) is 3.39. The number of carboxylic acid groups (broad SMARTS) is 2. The first kappa shape index (κ1) is 31.0. The molecule has 0 spiro atoms. The van der Waals surface area contributed by atoms with Crippen LogP contribution in [-0.2, 0) is 20.1 Å². The van der Waals surface area contributed by atoms with Crippen molar-refractivity contribution >= 4 is 46.1 Å². The van der Waals surface area contributed by atoms with Crippen LogP contribution in [0.2, 0.25) is 0 Å². The highest BCUT2D eigenvalue weighted by molar-refractivity contribution is 7.98. The van der Waals surface area contributed by atoms with Crippen molar-refractivity contribution in [3.05, 3.63) is 95.0 Å². The Morgan fingerprint density at radius 3 is 2.00 bits per heavy atom. The number of piperazine rings is 1. The van der Waals surface area contributed by atoms with Crippen LogP contribution >= 0.6 is 23.1 Å². The first-order valence-electron chi connectivity index (χ1n) is 12.8. The standard InChI is InChI=1S/C25H30N4OS2.C4H4O4/c1-20(30)26-25-27-23(19-32-25)18-31-17-16-28-12-14-29(15-13-28)24(21-8-4-2-5-9-21)22-10-6-3-7-11-22;5-3(6)1-2-4(7)8/h2-11,19,24H,12-18H2,1H3,(H,26,27,30);1-2H,(H,5,6)(H,7,8)/b;2-1+. The van der Waals surface area contributed by atoms with Crippen molar-refractivity contribution in [1.82, 2.24) is 14.8 Å². The van der Waals surface area contributed by atoms with Crippen molar-refractivity contribution in [2.24, 2.45) is 0 Å². The molecule has 3 N–H and O–H groups in total. The van der Waals surface area contributed by atoms with E-state index in [-0.39, 0.29) is 5.91 Å². The molecule has 0 aliphatic carbocycles. The molecule has 0 saturated carbocycles. The quantitative estimate of drug-likeness (QED) is 0.222. The van der Waals surface area contributed by atoms with Gasteiger partial charge in [0.05, 0.1) is 11.7 Å². The van der Waals surface area contributed by atoms with Gasteiger partial charge in [-0.25, -0.2) is 14.6 Å². The maximum Gasteiger partial charge on any atom is 0.328 e. The van der Waals surface area contributed by atoms with Crippen LogP contribution in [0.15, 0.2) is 78.2 Å². The molecule has 212 valence electrons. The van der Waals surface area contributed by atoms with Gasteiger partial charge in [0.1, 0.15) is 0 Å². The van der Waals surface area contributed by atoms with Crippen molar-refractivity contribution in [2.75, 3.05) is 43.8 Å². The molecule has 11 heteroatoms. The Balaban J connectivity index is 0.000000482. The number of nitrogens with zero attached hydrogens (tertiary/aromatic N) is 3. The number of amides is 1. The minimum Gasteiger partial charge on any atom is -0.478 e. The monoisotopic (exact) mass is 582 g/mol. The van der Waals surface area contributed by atoms with E-state index < -0.39 is 11.9 Å². The number of hydrogen-bond acceptors (Lipinski definition) is 8. The number of thiazole rings is 1. The van der Waals surface area contributed by atoms with E-state index in [0.717, 1.165) is 49.9 Å². The van der Waals surface area contributed by atoms with Gasteiger partial charge in [-0.15, -0.1) is 11.3 Å². The van der Waals surface area contributed by atoms with Crippen molar-refractivity contribution in [3.8, 4) is 0 Å². The lowest BCUT2D eigenvalue weighted by Crippen LogP contribution is -2.48. The Labute approximate surface area is 242 Å². The Hall–Kier alpha value is -3.51. The second kappa shape index (κ2) is 16.6. The fraction of sp³-hybridized carbons (Fsp3) is 0.310. The molecule has 2 aromatic carbocycles. The third kappa shape index (κ3) is 10.9. The predicted octanol–water partition coefficient (Wildman–Crippen LogP) is 4.45. The van der Waals surface area contributed by atoms with Gasteiger partial charge in [-0.1, -0.05) is 60.7 Å². The number of carboxylic acids is 2. The number of thioether (sulfide) groups is 1. The van der Waals surface area contributed by atoms with Gasteiger partial charge in [-0.3, -0.25) is 14.6 Å². The second-order valence-electron chi connectivity index (χ2n) is 8.99. The Morgan fingerprint density at radius 2 is 1.50 bits per heavy atom. The molecule has 9 nitrogen and oxygen atoms in total. The number of carbonyl (C=O) groups excluding carboxylic acids is 1. The smallest absolute Gasteiger partial charge is 0.328 e. The number of aromatic nitrogens is 1. The lowest BCUT2D eigenvalue weighted by atomic mass is 9.96. The van der Waals surface area contributed by atoms with Gasteiger partial charge in [0.2, 0.25) is 5.91 Å². The number of aliphatic carboxylic acids is 2. The molecule has 4 rings (SSSR count). The highest BCUT2D eigenvalue weighted by Gasteiger charge is 2.26. The molecular weight excluding hydrogens is 548 g/mol. The zero-order chi connectivity index (χ0) is 28.7. The van der Waals surface area contributed by atoms with E-state index in [9.17, 15) is 14.4 Å². The SMILES string of the molecule is CC(=O)Nc1nc(CSCCN2CCN(C(c3ccccc3)c3ccccc3)CC2)cs1.O=C(O)/C=C/C(=O)O. The van der Waals surface area contributed by atoms with Crippen molar-refractivity contribution in [3.63, 3.8) is 0 Å². The molecule has 0 radical (unpaired) electrons. The van der Waals surface area contributed by atoms with Crippen LogP contribution in [0.4, 0.5) is 5.13 Å². The van der Waals surface area contributed by atoms with Crippen molar-refractivity contribution < 1.29 is 24.6 Å². The van der Waals surface area contributed by atoms with E-state index in [2.05, 4.69) is 80.8 Å². The first-order chi connectivity index (χ1) is 19.3. The third-order valence-electron chi connectivity index (χ3n) is 6.01. The van der Waals surface area contributed by atoms with Gasteiger partial charge in [-0.05, 0) is 11.1 Å². The first-order valence-corrected chi connectivity index (χ1v) is 14.8. The number of rotatable bonds is 11. The number of hydrogen-bond donors (Lipinski definition) is 3. The normalized spacial score (nSPS) is 14.1. The van der Waals surface area contributed by atoms with Crippen LogP contribution in [0.1, 0.15) is 29.8 Å². The molecule has 1 aromatic heterocycles. The number of anilines is 1. The molecule has 3 aromatic rings. The van der Waals surface area contributed by atoms with E-state index in [1.54, 1.807) is 0 Å². The molecule has 1 aliphatic heterocycles. The van der Waals surface area contributed by atoms with Crippen LogP contribution in [-0.4, -0.2) is 81.3 Å². The lowest BCUT2D eigenvalue weighted by Gasteiger charge is -2.39.